The molecule has 0 atom stereocenters. The third-order valence-electron chi connectivity index (χ3n) is 4.54. The van der Waals surface area contributed by atoms with Gasteiger partial charge in [0.05, 0.1) is 13.2 Å². The van der Waals surface area contributed by atoms with Gasteiger partial charge in [-0.05, 0) is 19.8 Å². The lowest BCUT2D eigenvalue weighted by molar-refractivity contribution is -0.150. The molecule has 0 aromatic rings. The molecule has 1 aliphatic heterocycles. The Kier molecular flexibility index (Phi) is 6.35. The lowest BCUT2D eigenvalue weighted by Crippen LogP contribution is -2.47. The Morgan fingerprint density at radius 1 is 1.28 bits per heavy atom. The molecule has 1 heterocycles. The molecule has 0 radical (unpaired) electrons. The van der Waals surface area contributed by atoms with E-state index in [0.717, 1.165) is 17.7 Å². The van der Waals surface area contributed by atoms with Gasteiger partial charge in [-0.1, -0.05) is 12.8 Å². The minimum absolute atomic E-state index is 0.170. The van der Waals surface area contributed by atoms with Crippen molar-refractivity contribution in [1.29, 1.82) is 0 Å². The summed E-state index contributed by atoms with van der Waals surface area (Å²) in [4.78, 5) is 51.1. The number of esters is 1. The first-order valence-corrected chi connectivity index (χ1v) is 8.50. The Labute approximate surface area is 146 Å². The zero-order valence-electron chi connectivity index (χ0n) is 14.7. The van der Waals surface area contributed by atoms with Gasteiger partial charge >= 0.3 is 12.0 Å². The smallest absolute Gasteiger partial charge is 0.325 e. The number of imide groups is 1. The van der Waals surface area contributed by atoms with E-state index in [2.05, 4.69) is 5.32 Å². The van der Waals surface area contributed by atoms with Crippen LogP contribution in [0.15, 0.2) is 0 Å². The summed E-state index contributed by atoms with van der Waals surface area (Å²) in [5, 5.41) is 2.73. The summed E-state index contributed by atoms with van der Waals surface area (Å²) in [6.07, 6.45) is 2.93. The number of methoxy groups -OCH3 is 1. The van der Waals surface area contributed by atoms with Crippen LogP contribution in [0.4, 0.5) is 4.79 Å². The van der Waals surface area contributed by atoms with Gasteiger partial charge in [0.25, 0.3) is 5.91 Å². The Morgan fingerprint density at radius 3 is 2.56 bits per heavy atom. The largest absolute Gasteiger partial charge is 0.465 e. The molecule has 2 rings (SSSR count). The minimum atomic E-state index is -0.851. The predicted octanol–water partition coefficient (Wildman–Crippen LogP) is -0.111. The van der Waals surface area contributed by atoms with Crippen LogP contribution < -0.4 is 5.32 Å². The van der Waals surface area contributed by atoms with E-state index in [4.69, 9.17) is 9.47 Å². The van der Waals surface area contributed by atoms with E-state index in [1.165, 1.54) is 12.0 Å². The highest BCUT2D eigenvalue weighted by Crippen LogP contribution is 2.34. The summed E-state index contributed by atoms with van der Waals surface area (Å²) >= 11 is 0. The van der Waals surface area contributed by atoms with Crippen molar-refractivity contribution in [3.63, 3.8) is 0 Å². The van der Waals surface area contributed by atoms with Crippen LogP contribution in [0.5, 0.6) is 0 Å². The second-order valence-electron chi connectivity index (χ2n) is 6.22. The molecule has 0 aromatic heterocycles. The Bertz CT molecular complexity index is 544. The van der Waals surface area contributed by atoms with E-state index < -0.39 is 30.0 Å². The number of carbonyl (C=O) groups is 4. The lowest BCUT2D eigenvalue weighted by Gasteiger charge is -2.24. The van der Waals surface area contributed by atoms with Crippen LogP contribution in [0.3, 0.4) is 0 Å². The quantitative estimate of drug-likeness (QED) is 0.481. The van der Waals surface area contributed by atoms with Crippen molar-refractivity contribution in [2.45, 2.75) is 38.1 Å². The standard InChI is InChI=1S/C16H25N3O6/c1-3-25-13(21)11-18(8-9-24-2)12(20)10-19-14(22)16(17-15(19)23)6-4-5-7-16/h3-11H2,1-2H3,(H,17,23). The average molecular weight is 355 g/mol. The van der Waals surface area contributed by atoms with Crippen LogP contribution in [0, 0.1) is 0 Å². The van der Waals surface area contributed by atoms with Crippen molar-refractivity contribution in [2.75, 3.05) is 40.0 Å². The van der Waals surface area contributed by atoms with Gasteiger partial charge in [0.15, 0.2) is 0 Å². The van der Waals surface area contributed by atoms with Gasteiger partial charge in [-0.25, -0.2) is 4.79 Å². The van der Waals surface area contributed by atoms with Gasteiger partial charge in [-0.15, -0.1) is 0 Å². The Morgan fingerprint density at radius 2 is 1.96 bits per heavy atom. The molecule has 2 fully saturated rings. The Hall–Kier alpha value is -2.16. The maximum atomic E-state index is 12.6. The summed E-state index contributed by atoms with van der Waals surface area (Å²) in [5.74, 6) is -1.40. The summed E-state index contributed by atoms with van der Waals surface area (Å²) in [6.45, 7) is 1.65. The first-order chi connectivity index (χ1) is 11.9. The van der Waals surface area contributed by atoms with E-state index in [9.17, 15) is 19.2 Å². The number of nitrogens with one attached hydrogen (secondary N) is 1. The van der Waals surface area contributed by atoms with Crippen LogP contribution in [-0.2, 0) is 23.9 Å². The number of hydrogen-bond acceptors (Lipinski definition) is 6. The van der Waals surface area contributed by atoms with Crippen LogP contribution in [-0.4, -0.2) is 79.1 Å². The van der Waals surface area contributed by atoms with Crippen molar-refractivity contribution in [2.24, 2.45) is 0 Å². The number of carbonyl (C=O) groups excluding carboxylic acids is 4. The topological polar surface area (TPSA) is 105 Å². The average Bonchev–Trinajstić information content (AvgIpc) is 3.12. The zero-order chi connectivity index (χ0) is 18.4. The van der Waals surface area contributed by atoms with Gasteiger partial charge in [0.2, 0.25) is 5.91 Å². The van der Waals surface area contributed by atoms with E-state index in [-0.39, 0.29) is 32.2 Å². The molecule has 25 heavy (non-hydrogen) atoms. The zero-order valence-corrected chi connectivity index (χ0v) is 14.7. The van der Waals surface area contributed by atoms with E-state index in [1.807, 2.05) is 0 Å². The molecule has 9 heteroatoms. The molecule has 0 aromatic carbocycles. The van der Waals surface area contributed by atoms with Crippen LogP contribution in [0.1, 0.15) is 32.6 Å². The second-order valence-corrected chi connectivity index (χ2v) is 6.22. The maximum Gasteiger partial charge on any atom is 0.325 e. The van der Waals surface area contributed by atoms with Gasteiger partial charge in [0.1, 0.15) is 18.6 Å². The fourth-order valence-electron chi connectivity index (χ4n) is 3.23. The van der Waals surface area contributed by atoms with Crippen LogP contribution >= 0.6 is 0 Å². The molecular formula is C16H25N3O6. The van der Waals surface area contributed by atoms with Gasteiger partial charge in [-0.3, -0.25) is 19.3 Å². The molecular weight excluding hydrogens is 330 g/mol. The molecule has 9 nitrogen and oxygen atoms in total. The summed E-state index contributed by atoms with van der Waals surface area (Å²) in [5.41, 5.74) is -0.851. The number of nitrogens with zero attached hydrogens (tertiary/aromatic N) is 2. The lowest BCUT2D eigenvalue weighted by atomic mass is 9.98. The third-order valence-corrected chi connectivity index (χ3v) is 4.54. The fraction of sp³-hybridized carbons (Fsp3) is 0.750. The van der Waals surface area contributed by atoms with Gasteiger partial charge in [0, 0.05) is 13.7 Å². The third kappa shape index (κ3) is 4.28. The normalized spacial score (nSPS) is 18.6. The van der Waals surface area contributed by atoms with Crippen molar-refractivity contribution in [1.82, 2.24) is 15.1 Å². The predicted molar refractivity (Wildman–Crippen MR) is 86.5 cm³/mol. The highest BCUT2D eigenvalue weighted by Gasteiger charge is 2.52. The van der Waals surface area contributed by atoms with Gasteiger partial charge in [-0.2, -0.15) is 0 Å². The number of hydrogen-bond donors (Lipinski definition) is 1. The molecule has 1 saturated heterocycles. The summed E-state index contributed by atoms with van der Waals surface area (Å²) in [6, 6.07) is -0.553. The second kappa shape index (κ2) is 8.28. The summed E-state index contributed by atoms with van der Waals surface area (Å²) in [7, 11) is 1.48. The van der Waals surface area contributed by atoms with Crippen LogP contribution in [0.2, 0.25) is 0 Å². The van der Waals surface area contributed by atoms with Crippen molar-refractivity contribution in [3.8, 4) is 0 Å². The molecule has 2 aliphatic rings. The SMILES string of the molecule is CCOC(=O)CN(CCOC)C(=O)CN1C(=O)NC2(CCCC2)C1=O. The minimum Gasteiger partial charge on any atom is -0.465 e. The van der Waals surface area contributed by atoms with Crippen molar-refractivity contribution in [3.05, 3.63) is 0 Å². The van der Waals surface area contributed by atoms with Crippen molar-refractivity contribution >= 4 is 23.8 Å². The van der Waals surface area contributed by atoms with Crippen LogP contribution in [0.25, 0.3) is 0 Å². The Balaban J connectivity index is 2.02. The number of ether oxygens (including phenoxy) is 2. The van der Waals surface area contributed by atoms with E-state index in [1.54, 1.807) is 6.92 Å². The molecule has 0 bridgehead atoms. The molecule has 1 saturated carbocycles. The van der Waals surface area contributed by atoms with Gasteiger partial charge < -0.3 is 19.7 Å². The molecule has 1 spiro atoms. The highest BCUT2D eigenvalue weighted by molar-refractivity contribution is 6.09. The highest BCUT2D eigenvalue weighted by atomic mass is 16.5. The first-order valence-electron chi connectivity index (χ1n) is 8.50. The molecule has 1 aliphatic carbocycles. The molecule has 0 unspecified atom stereocenters. The maximum absolute atomic E-state index is 12.6. The number of urea groups is 1. The van der Waals surface area contributed by atoms with Crippen molar-refractivity contribution < 1.29 is 28.7 Å². The van der Waals surface area contributed by atoms with E-state index >= 15 is 0 Å². The first kappa shape index (κ1) is 19.2. The number of rotatable bonds is 8. The fourth-order valence-corrected chi connectivity index (χ4v) is 3.23. The van der Waals surface area contributed by atoms with E-state index in [0.29, 0.717) is 12.8 Å². The molecule has 140 valence electrons. The monoisotopic (exact) mass is 355 g/mol. The number of amides is 4. The molecule has 1 N–H and O–H groups in total. The molecule has 4 amide bonds. The summed E-state index contributed by atoms with van der Waals surface area (Å²) < 4.78 is 9.80.